The molecule has 2 N–H and O–H groups in total. The van der Waals surface area contributed by atoms with Crippen LogP contribution in [-0.2, 0) is 5.41 Å². The molecule has 24 heavy (non-hydrogen) atoms. The zero-order valence-electron chi connectivity index (χ0n) is 14.6. The monoisotopic (exact) mass is 328 g/mol. The number of rotatable bonds is 5. The first-order chi connectivity index (χ1) is 11.7. The average Bonchev–Trinajstić information content (AvgIpc) is 3.14. The Labute approximate surface area is 144 Å². The maximum absolute atomic E-state index is 9.95. The summed E-state index contributed by atoms with van der Waals surface area (Å²) in [5.41, 5.74) is 6.50. The Hall–Kier alpha value is -1.73. The van der Waals surface area contributed by atoms with E-state index in [1.807, 2.05) is 18.2 Å². The minimum Gasteiger partial charge on any atom is -0.493 e. The van der Waals surface area contributed by atoms with E-state index in [4.69, 9.17) is 15.2 Å². The molecular weight excluding hydrogens is 300 g/mol. The van der Waals surface area contributed by atoms with E-state index in [2.05, 4.69) is 6.07 Å². The van der Waals surface area contributed by atoms with E-state index < -0.39 is 5.41 Å². The van der Waals surface area contributed by atoms with Gasteiger partial charge in [0.1, 0.15) is 0 Å². The molecule has 2 unspecified atom stereocenters. The largest absolute Gasteiger partial charge is 0.493 e. The minimum atomic E-state index is -0.442. The van der Waals surface area contributed by atoms with Gasteiger partial charge in [-0.1, -0.05) is 12.5 Å². The van der Waals surface area contributed by atoms with Gasteiger partial charge >= 0.3 is 0 Å². The third-order valence-corrected chi connectivity index (χ3v) is 5.71. The molecule has 0 amide bonds. The summed E-state index contributed by atoms with van der Waals surface area (Å²) in [5, 5.41) is 9.95. The summed E-state index contributed by atoms with van der Waals surface area (Å²) in [4.78, 5) is 0. The van der Waals surface area contributed by atoms with Gasteiger partial charge in [-0.05, 0) is 75.1 Å². The Balaban J connectivity index is 1.90. The van der Waals surface area contributed by atoms with E-state index in [9.17, 15) is 5.26 Å². The quantitative estimate of drug-likeness (QED) is 0.889. The van der Waals surface area contributed by atoms with Crippen LogP contribution in [0.3, 0.4) is 0 Å². The van der Waals surface area contributed by atoms with Gasteiger partial charge in [-0.2, -0.15) is 5.26 Å². The first-order valence-electron chi connectivity index (χ1n) is 9.17. The topological polar surface area (TPSA) is 68.3 Å². The van der Waals surface area contributed by atoms with Gasteiger partial charge in [0.15, 0.2) is 11.5 Å². The standard InChI is InChI=1S/C20H28N2O2/c1-23-18-9-8-16(11-19(18)24-17-6-2-3-7-17)20(14-22)10-4-5-15(12-20)13-21/h8-9,11,15,17H,2-7,10,12-13,21H2,1H3. The van der Waals surface area contributed by atoms with Crippen LogP contribution in [0.5, 0.6) is 11.5 Å². The maximum Gasteiger partial charge on any atom is 0.161 e. The highest BCUT2D eigenvalue weighted by atomic mass is 16.5. The van der Waals surface area contributed by atoms with Crippen LogP contribution in [0.4, 0.5) is 0 Å². The van der Waals surface area contributed by atoms with Gasteiger partial charge in [-0.15, -0.1) is 0 Å². The van der Waals surface area contributed by atoms with Crippen molar-refractivity contribution in [2.24, 2.45) is 11.7 Å². The number of nitrogens with two attached hydrogens (primary N) is 1. The molecule has 0 aromatic heterocycles. The normalized spacial score (nSPS) is 27.6. The molecule has 4 heteroatoms. The molecule has 2 fully saturated rings. The summed E-state index contributed by atoms with van der Waals surface area (Å²) in [6.07, 6.45) is 8.86. The molecule has 0 heterocycles. The predicted octanol–water partition coefficient (Wildman–Crippen LogP) is 3.93. The summed E-state index contributed by atoms with van der Waals surface area (Å²) >= 11 is 0. The molecule has 4 nitrogen and oxygen atoms in total. The fourth-order valence-electron chi connectivity index (χ4n) is 4.27. The molecule has 0 radical (unpaired) electrons. The zero-order chi connectivity index (χ0) is 17.0. The number of nitrogens with zero attached hydrogens (tertiary/aromatic N) is 1. The van der Waals surface area contributed by atoms with Crippen molar-refractivity contribution in [3.8, 4) is 17.6 Å². The van der Waals surface area contributed by atoms with Crippen molar-refractivity contribution in [1.29, 1.82) is 5.26 Å². The van der Waals surface area contributed by atoms with Crippen molar-refractivity contribution >= 4 is 0 Å². The summed E-state index contributed by atoms with van der Waals surface area (Å²) in [6.45, 7) is 0.658. The fourth-order valence-corrected chi connectivity index (χ4v) is 4.27. The summed E-state index contributed by atoms with van der Waals surface area (Å²) in [6, 6.07) is 8.62. The smallest absolute Gasteiger partial charge is 0.161 e. The van der Waals surface area contributed by atoms with Crippen molar-refractivity contribution in [2.75, 3.05) is 13.7 Å². The second kappa shape index (κ2) is 7.44. The second-order valence-corrected chi connectivity index (χ2v) is 7.28. The Morgan fingerprint density at radius 1 is 1.21 bits per heavy atom. The van der Waals surface area contributed by atoms with E-state index >= 15 is 0 Å². The van der Waals surface area contributed by atoms with E-state index in [0.717, 1.165) is 55.6 Å². The first kappa shape index (κ1) is 17.1. The Morgan fingerprint density at radius 3 is 2.67 bits per heavy atom. The number of hydrogen-bond acceptors (Lipinski definition) is 4. The molecule has 130 valence electrons. The molecule has 2 atom stereocenters. The lowest BCUT2D eigenvalue weighted by Gasteiger charge is -2.36. The lowest BCUT2D eigenvalue weighted by Crippen LogP contribution is -2.34. The Kier molecular flexibility index (Phi) is 5.30. The fraction of sp³-hybridized carbons (Fsp3) is 0.650. The average molecular weight is 328 g/mol. The lowest BCUT2D eigenvalue weighted by atomic mass is 9.66. The number of ether oxygens (including phenoxy) is 2. The van der Waals surface area contributed by atoms with E-state index in [1.54, 1.807) is 7.11 Å². The third kappa shape index (κ3) is 3.37. The Morgan fingerprint density at radius 2 is 2.00 bits per heavy atom. The molecule has 0 aliphatic heterocycles. The number of benzene rings is 1. The summed E-state index contributed by atoms with van der Waals surface area (Å²) in [7, 11) is 1.67. The maximum atomic E-state index is 9.95. The lowest BCUT2D eigenvalue weighted by molar-refractivity contribution is 0.199. The zero-order valence-corrected chi connectivity index (χ0v) is 14.6. The van der Waals surface area contributed by atoms with Crippen LogP contribution in [0.25, 0.3) is 0 Å². The van der Waals surface area contributed by atoms with Crippen LogP contribution in [-0.4, -0.2) is 19.8 Å². The van der Waals surface area contributed by atoms with Gasteiger partial charge in [0.25, 0.3) is 0 Å². The summed E-state index contributed by atoms with van der Waals surface area (Å²) < 4.78 is 11.7. The van der Waals surface area contributed by atoms with Gasteiger partial charge in [-0.3, -0.25) is 0 Å². The third-order valence-electron chi connectivity index (χ3n) is 5.71. The molecule has 0 bridgehead atoms. The highest BCUT2D eigenvalue weighted by molar-refractivity contribution is 5.47. The molecule has 1 aromatic carbocycles. The van der Waals surface area contributed by atoms with Gasteiger partial charge in [0.2, 0.25) is 0 Å². The first-order valence-corrected chi connectivity index (χ1v) is 9.17. The highest BCUT2D eigenvalue weighted by Crippen LogP contribution is 2.44. The van der Waals surface area contributed by atoms with E-state index in [-0.39, 0.29) is 6.10 Å². The van der Waals surface area contributed by atoms with E-state index in [0.29, 0.717) is 12.5 Å². The van der Waals surface area contributed by atoms with E-state index in [1.165, 1.54) is 12.8 Å². The van der Waals surface area contributed by atoms with Gasteiger partial charge < -0.3 is 15.2 Å². The van der Waals surface area contributed by atoms with Crippen LogP contribution in [0.1, 0.15) is 56.9 Å². The molecule has 3 rings (SSSR count). The van der Waals surface area contributed by atoms with Crippen molar-refractivity contribution < 1.29 is 9.47 Å². The predicted molar refractivity (Wildman–Crippen MR) is 94.2 cm³/mol. The van der Waals surface area contributed by atoms with Crippen LogP contribution in [0.15, 0.2) is 18.2 Å². The van der Waals surface area contributed by atoms with Crippen LogP contribution >= 0.6 is 0 Å². The number of methoxy groups -OCH3 is 1. The molecule has 1 aromatic rings. The number of nitriles is 1. The van der Waals surface area contributed by atoms with Gasteiger partial charge in [-0.25, -0.2) is 0 Å². The molecule has 0 spiro atoms. The SMILES string of the molecule is COc1ccc(C2(C#N)CCCC(CN)C2)cc1OC1CCCC1. The second-order valence-electron chi connectivity index (χ2n) is 7.28. The van der Waals surface area contributed by atoms with Gasteiger partial charge in [0, 0.05) is 0 Å². The van der Waals surface area contributed by atoms with Crippen molar-refractivity contribution in [1.82, 2.24) is 0 Å². The molecular formula is C20H28N2O2. The minimum absolute atomic E-state index is 0.273. The molecule has 2 saturated carbocycles. The van der Waals surface area contributed by atoms with Crippen LogP contribution < -0.4 is 15.2 Å². The highest BCUT2D eigenvalue weighted by Gasteiger charge is 2.38. The number of hydrogen-bond donors (Lipinski definition) is 1. The Bertz CT molecular complexity index is 604. The molecule has 2 aliphatic carbocycles. The van der Waals surface area contributed by atoms with Crippen LogP contribution in [0.2, 0.25) is 0 Å². The molecule has 0 saturated heterocycles. The van der Waals surface area contributed by atoms with Crippen molar-refractivity contribution in [3.63, 3.8) is 0 Å². The van der Waals surface area contributed by atoms with Crippen molar-refractivity contribution in [2.45, 2.75) is 62.9 Å². The summed E-state index contributed by atoms with van der Waals surface area (Å²) in [5.74, 6) is 1.97. The van der Waals surface area contributed by atoms with Crippen LogP contribution in [0, 0.1) is 17.2 Å². The van der Waals surface area contributed by atoms with Crippen molar-refractivity contribution in [3.05, 3.63) is 23.8 Å². The molecule has 2 aliphatic rings. The van der Waals surface area contributed by atoms with Gasteiger partial charge in [0.05, 0.1) is 24.7 Å².